The van der Waals surface area contributed by atoms with Gasteiger partial charge in [0.1, 0.15) is 0 Å². The van der Waals surface area contributed by atoms with E-state index >= 15 is 0 Å². The first kappa shape index (κ1) is 14.2. The van der Waals surface area contributed by atoms with Crippen molar-refractivity contribution in [3.8, 4) is 11.5 Å². The van der Waals surface area contributed by atoms with Gasteiger partial charge in [-0.2, -0.15) is 0 Å². The van der Waals surface area contributed by atoms with E-state index in [0.29, 0.717) is 11.7 Å². The fourth-order valence-electron chi connectivity index (χ4n) is 2.17. The molecule has 2 aromatic carbocycles. The van der Waals surface area contributed by atoms with Gasteiger partial charge in [0.15, 0.2) is 16.6 Å². The van der Waals surface area contributed by atoms with Crippen LogP contribution in [0.4, 0.5) is 5.69 Å². The van der Waals surface area contributed by atoms with Gasteiger partial charge in [0.2, 0.25) is 0 Å². The summed E-state index contributed by atoms with van der Waals surface area (Å²) in [6, 6.07) is 12.6. The van der Waals surface area contributed by atoms with Crippen LogP contribution in [0.2, 0.25) is 0 Å². The quantitative estimate of drug-likeness (QED) is 0.379. The summed E-state index contributed by atoms with van der Waals surface area (Å²) < 4.78 is 0. The van der Waals surface area contributed by atoms with Crippen molar-refractivity contribution in [3.63, 3.8) is 0 Å². The highest BCUT2D eigenvalue weighted by molar-refractivity contribution is 7.80. The maximum Gasteiger partial charge on any atom is 0.171 e. The van der Waals surface area contributed by atoms with Gasteiger partial charge in [0, 0.05) is 29.3 Å². The van der Waals surface area contributed by atoms with E-state index < -0.39 is 0 Å². The molecular formula is C16H15N3O2S. The van der Waals surface area contributed by atoms with Gasteiger partial charge >= 0.3 is 0 Å². The first-order valence-electron chi connectivity index (χ1n) is 6.75. The first-order valence-corrected chi connectivity index (χ1v) is 7.15. The topological polar surface area (TPSA) is 80.3 Å². The lowest BCUT2D eigenvalue weighted by Crippen LogP contribution is -2.27. The third-order valence-electron chi connectivity index (χ3n) is 3.30. The van der Waals surface area contributed by atoms with Crippen LogP contribution in [0, 0.1) is 0 Å². The monoisotopic (exact) mass is 313 g/mol. The molecule has 0 radical (unpaired) electrons. The average Bonchev–Trinajstić information content (AvgIpc) is 2.96. The molecule has 0 bridgehead atoms. The predicted octanol–water partition coefficient (Wildman–Crippen LogP) is 3.07. The second kappa shape index (κ2) is 5.95. The molecule has 0 unspecified atom stereocenters. The van der Waals surface area contributed by atoms with E-state index in [9.17, 15) is 10.2 Å². The summed E-state index contributed by atoms with van der Waals surface area (Å²) in [5.74, 6) is -0.277. The van der Waals surface area contributed by atoms with Crippen LogP contribution in [-0.2, 0) is 6.54 Å². The highest BCUT2D eigenvalue weighted by Crippen LogP contribution is 2.24. The first-order chi connectivity index (χ1) is 10.6. The summed E-state index contributed by atoms with van der Waals surface area (Å²) in [5.41, 5.74) is 2.79. The maximum atomic E-state index is 9.45. The zero-order valence-corrected chi connectivity index (χ0v) is 12.4. The van der Waals surface area contributed by atoms with Crippen molar-refractivity contribution in [1.29, 1.82) is 0 Å². The minimum absolute atomic E-state index is 0.135. The smallest absolute Gasteiger partial charge is 0.171 e. The van der Waals surface area contributed by atoms with Crippen LogP contribution >= 0.6 is 12.2 Å². The third kappa shape index (κ3) is 3.12. The number of rotatable bonds is 3. The minimum atomic E-state index is -0.143. The van der Waals surface area contributed by atoms with E-state index in [1.54, 1.807) is 6.07 Å². The number of phenolic OH excluding ortho intramolecular Hbond substituents is 2. The van der Waals surface area contributed by atoms with Crippen LogP contribution < -0.4 is 10.6 Å². The van der Waals surface area contributed by atoms with Crippen molar-refractivity contribution in [2.75, 3.05) is 5.32 Å². The van der Waals surface area contributed by atoms with Gasteiger partial charge in [-0.3, -0.25) is 0 Å². The lowest BCUT2D eigenvalue weighted by molar-refractivity contribution is 0.403. The Bertz CT molecular complexity index is 829. The number of aromatic hydroxyl groups is 2. The summed E-state index contributed by atoms with van der Waals surface area (Å²) >= 11 is 5.25. The lowest BCUT2D eigenvalue weighted by Gasteiger charge is -2.11. The molecule has 0 amide bonds. The summed E-state index contributed by atoms with van der Waals surface area (Å²) in [5, 5.41) is 26.5. The Morgan fingerprint density at radius 1 is 1.05 bits per heavy atom. The minimum Gasteiger partial charge on any atom is -0.504 e. The Morgan fingerprint density at radius 3 is 2.73 bits per heavy atom. The fraction of sp³-hybridized carbons (Fsp3) is 0.0625. The van der Waals surface area contributed by atoms with Crippen LogP contribution in [0.5, 0.6) is 11.5 Å². The zero-order chi connectivity index (χ0) is 15.5. The molecule has 6 heteroatoms. The Hall–Kier alpha value is -2.73. The van der Waals surface area contributed by atoms with Crippen LogP contribution in [-0.4, -0.2) is 20.3 Å². The Labute approximate surface area is 132 Å². The molecule has 5 N–H and O–H groups in total. The predicted molar refractivity (Wildman–Crippen MR) is 91.1 cm³/mol. The molecular weight excluding hydrogens is 298 g/mol. The number of anilines is 1. The van der Waals surface area contributed by atoms with Gasteiger partial charge in [-0.05, 0) is 54.2 Å². The standard InChI is InChI=1S/C16H15N3O2S/c20-14-4-1-10(7-15(14)21)9-18-16(22)19-12-2-3-13-11(8-12)5-6-17-13/h1-8,17,20-21H,9H2,(H2,18,19,22). The summed E-state index contributed by atoms with van der Waals surface area (Å²) in [4.78, 5) is 3.14. The molecule has 0 aliphatic rings. The van der Waals surface area contributed by atoms with Gasteiger partial charge < -0.3 is 25.8 Å². The SMILES string of the molecule is Oc1ccc(CNC(=S)Nc2ccc3[nH]ccc3c2)cc1O. The number of hydrogen-bond donors (Lipinski definition) is 5. The number of fused-ring (bicyclic) bond motifs is 1. The van der Waals surface area contributed by atoms with E-state index in [1.165, 1.54) is 12.1 Å². The molecule has 0 aliphatic carbocycles. The number of aromatic nitrogens is 1. The Kier molecular flexibility index (Phi) is 3.84. The molecule has 5 nitrogen and oxygen atoms in total. The molecule has 0 saturated heterocycles. The Morgan fingerprint density at radius 2 is 1.91 bits per heavy atom. The molecule has 0 saturated carbocycles. The van der Waals surface area contributed by atoms with E-state index in [0.717, 1.165) is 22.2 Å². The number of hydrogen-bond acceptors (Lipinski definition) is 3. The van der Waals surface area contributed by atoms with E-state index in [1.807, 2.05) is 30.5 Å². The molecule has 0 atom stereocenters. The molecule has 3 rings (SSSR count). The Balaban J connectivity index is 1.60. The van der Waals surface area contributed by atoms with Crippen molar-refractivity contribution in [3.05, 3.63) is 54.2 Å². The molecule has 3 aromatic rings. The maximum absolute atomic E-state index is 9.45. The summed E-state index contributed by atoms with van der Waals surface area (Å²) in [6.45, 7) is 0.450. The number of H-pyrrole nitrogens is 1. The molecule has 1 aromatic heterocycles. The molecule has 0 fully saturated rings. The summed E-state index contributed by atoms with van der Waals surface area (Å²) in [6.07, 6.45) is 1.89. The highest BCUT2D eigenvalue weighted by Gasteiger charge is 2.03. The number of nitrogens with one attached hydrogen (secondary N) is 3. The van der Waals surface area contributed by atoms with Gasteiger partial charge in [-0.15, -0.1) is 0 Å². The zero-order valence-electron chi connectivity index (χ0n) is 11.6. The molecule has 22 heavy (non-hydrogen) atoms. The van der Waals surface area contributed by atoms with Gasteiger partial charge in [0.25, 0.3) is 0 Å². The number of phenols is 2. The van der Waals surface area contributed by atoms with E-state index in [2.05, 4.69) is 15.6 Å². The van der Waals surface area contributed by atoms with Gasteiger partial charge in [-0.25, -0.2) is 0 Å². The molecule has 0 aliphatic heterocycles. The number of thiocarbonyl (C=S) groups is 1. The van der Waals surface area contributed by atoms with Crippen LogP contribution in [0.3, 0.4) is 0 Å². The van der Waals surface area contributed by atoms with Gasteiger partial charge in [-0.1, -0.05) is 6.07 Å². The fourth-order valence-corrected chi connectivity index (χ4v) is 2.36. The molecule has 112 valence electrons. The molecule has 1 heterocycles. The number of aromatic amines is 1. The van der Waals surface area contributed by atoms with Gasteiger partial charge in [0.05, 0.1) is 0 Å². The second-order valence-electron chi connectivity index (χ2n) is 4.91. The number of benzene rings is 2. The largest absolute Gasteiger partial charge is 0.504 e. The van der Waals surface area contributed by atoms with E-state index in [-0.39, 0.29) is 11.5 Å². The van der Waals surface area contributed by atoms with Crippen molar-refractivity contribution < 1.29 is 10.2 Å². The van der Waals surface area contributed by atoms with Crippen LogP contribution in [0.1, 0.15) is 5.56 Å². The highest BCUT2D eigenvalue weighted by atomic mass is 32.1. The third-order valence-corrected chi connectivity index (χ3v) is 3.55. The van der Waals surface area contributed by atoms with Crippen molar-refractivity contribution in [1.82, 2.24) is 10.3 Å². The van der Waals surface area contributed by atoms with Crippen molar-refractivity contribution >= 4 is 33.9 Å². The normalized spacial score (nSPS) is 10.5. The summed E-state index contributed by atoms with van der Waals surface area (Å²) in [7, 11) is 0. The van der Waals surface area contributed by atoms with E-state index in [4.69, 9.17) is 12.2 Å². The van der Waals surface area contributed by atoms with Crippen LogP contribution in [0.25, 0.3) is 10.9 Å². The van der Waals surface area contributed by atoms with Crippen LogP contribution in [0.15, 0.2) is 48.7 Å². The average molecular weight is 313 g/mol. The molecule has 0 spiro atoms. The van der Waals surface area contributed by atoms with Crippen molar-refractivity contribution in [2.24, 2.45) is 0 Å². The lowest BCUT2D eigenvalue weighted by atomic mass is 10.2. The second-order valence-corrected chi connectivity index (χ2v) is 5.32. The van der Waals surface area contributed by atoms with Crippen molar-refractivity contribution in [2.45, 2.75) is 6.54 Å².